The summed E-state index contributed by atoms with van der Waals surface area (Å²) in [5.41, 5.74) is 4.37. The van der Waals surface area contributed by atoms with Gasteiger partial charge in [0.15, 0.2) is 0 Å². The summed E-state index contributed by atoms with van der Waals surface area (Å²) < 4.78 is 7.62. The van der Waals surface area contributed by atoms with E-state index in [4.69, 9.17) is 4.74 Å². The Bertz CT molecular complexity index is 992. The van der Waals surface area contributed by atoms with Gasteiger partial charge in [-0.15, -0.1) is 0 Å². The van der Waals surface area contributed by atoms with E-state index in [0.717, 1.165) is 56.0 Å². The first-order chi connectivity index (χ1) is 14.6. The van der Waals surface area contributed by atoms with E-state index in [9.17, 15) is 9.59 Å². The van der Waals surface area contributed by atoms with Crippen LogP contribution in [0.1, 0.15) is 37.8 Å². The zero-order chi connectivity index (χ0) is 20.7. The maximum absolute atomic E-state index is 12.7. The number of hydrogen-bond acceptors (Lipinski definition) is 3. The molecule has 2 fully saturated rings. The average Bonchev–Trinajstić information content (AvgIpc) is 2.75. The third-order valence-electron chi connectivity index (χ3n) is 7.05. The lowest BCUT2D eigenvalue weighted by Crippen LogP contribution is -3.18. The first kappa shape index (κ1) is 19.5. The molecule has 0 saturated carbocycles. The minimum atomic E-state index is -0.0733. The number of piperidine rings is 1. The number of fused-ring (bicyclic) bond motifs is 4. The molecule has 30 heavy (non-hydrogen) atoms. The summed E-state index contributed by atoms with van der Waals surface area (Å²) >= 11 is 0. The topological polar surface area (TPSA) is 64.8 Å². The fourth-order valence-electron chi connectivity index (χ4n) is 5.79. The molecule has 6 heteroatoms. The van der Waals surface area contributed by atoms with Gasteiger partial charge in [-0.05, 0) is 30.2 Å². The van der Waals surface area contributed by atoms with Gasteiger partial charge < -0.3 is 19.5 Å². The second kappa shape index (κ2) is 8.00. The Morgan fingerprint density at radius 1 is 1.10 bits per heavy atom. The third-order valence-corrected chi connectivity index (χ3v) is 7.05. The summed E-state index contributed by atoms with van der Waals surface area (Å²) in [5, 5.41) is 2.82. The van der Waals surface area contributed by atoms with Crippen molar-refractivity contribution in [2.75, 3.05) is 31.6 Å². The second-order valence-electron chi connectivity index (χ2n) is 9.09. The maximum atomic E-state index is 12.7. The number of carbonyl (C=O) groups excluding carboxylic acids is 1. The first-order valence-electron chi connectivity index (χ1n) is 11.1. The number of nitrogens with one attached hydrogen (secondary N) is 2. The zero-order valence-electron chi connectivity index (χ0n) is 17.5. The molecule has 3 aliphatic heterocycles. The number of likely N-dealkylation sites (tertiary alicyclic amines) is 1. The largest absolute Gasteiger partial charge is 0.381 e. The number of rotatable bonds is 3. The number of benzene rings is 1. The molecule has 158 valence electrons. The SMILES string of the molecule is CC(=O)Nc1ccc(-c2ccc(=O)n3c2[C@@H]2C[C@H](C3)C[NH+](C3CCOCC3)C2)cc1. The van der Waals surface area contributed by atoms with E-state index in [1.165, 1.54) is 25.6 Å². The van der Waals surface area contributed by atoms with E-state index in [2.05, 4.69) is 5.32 Å². The van der Waals surface area contributed by atoms with Gasteiger partial charge in [-0.3, -0.25) is 9.59 Å². The Morgan fingerprint density at radius 3 is 2.60 bits per heavy atom. The lowest BCUT2D eigenvalue weighted by atomic mass is 9.79. The van der Waals surface area contributed by atoms with E-state index in [0.29, 0.717) is 17.9 Å². The van der Waals surface area contributed by atoms with Crippen molar-refractivity contribution in [1.29, 1.82) is 0 Å². The van der Waals surface area contributed by atoms with Gasteiger partial charge in [-0.2, -0.15) is 0 Å². The highest BCUT2D eigenvalue weighted by atomic mass is 16.5. The van der Waals surface area contributed by atoms with Crippen molar-refractivity contribution < 1.29 is 14.4 Å². The molecule has 2 N–H and O–H groups in total. The second-order valence-corrected chi connectivity index (χ2v) is 9.09. The predicted molar refractivity (Wildman–Crippen MR) is 116 cm³/mol. The number of amides is 1. The molecule has 0 radical (unpaired) electrons. The van der Waals surface area contributed by atoms with Crippen LogP contribution in [0.3, 0.4) is 0 Å². The van der Waals surface area contributed by atoms with Crippen LogP contribution < -0.4 is 15.8 Å². The molecule has 1 unspecified atom stereocenters. The van der Waals surface area contributed by atoms with Gasteiger partial charge in [0, 0.05) is 61.2 Å². The van der Waals surface area contributed by atoms with Gasteiger partial charge in [-0.25, -0.2) is 0 Å². The number of anilines is 1. The monoisotopic (exact) mass is 408 g/mol. The average molecular weight is 409 g/mol. The lowest BCUT2D eigenvalue weighted by Gasteiger charge is -2.44. The van der Waals surface area contributed by atoms with Crippen LogP contribution in [0.15, 0.2) is 41.2 Å². The number of pyridine rings is 1. The Hall–Kier alpha value is -2.44. The molecular weight excluding hydrogens is 378 g/mol. The molecule has 2 saturated heterocycles. The summed E-state index contributed by atoms with van der Waals surface area (Å²) in [7, 11) is 0. The summed E-state index contributed by atoms with van der Waals surface area (Å²) in [6.07, 6.45) is 3.47. The van der Waals surface area contributed by atoms with E-state index >= 15 is 0 Å². The highest BCUT2D eigenvalue weighted by Gasteiger charge is 2.41. The van der Waals surface area contributed by atoms with E-state index in [1.54, 1.807) is 11.0 Å². The van der Waals surface area contributed by atoms with Crippen LogP contribution in [0, 0.1) is 5.92 Å². The highest BCUT2D eigenvalue weighted by Crippen LogP contribution is 2.37. The molecular formula is C24H30N3O3+. The maximum Gasteiger partial charge on any atom is 0.250 e. The molecule has 2 aromatic rings. The molecule has 4 heterocycles. The van der Waals surface area contributed by atoms with Gasteiger partial charge in [0.05, 0.1) is 32.3 Å². The number of hydrogen-bond donors (Lipinski definition) is 2. The smallest absolute Gasteiger partial charge is 0.250 e. The van der Waals surface area contributed by atoms with Gasteiger partial charge in [0.2, 0.25) is 5.91 Å². The van der Waals surface area contributed by atoms with Crippen LogP contribution in [0.4, 0.5) is 5.69 Å². The van der Waals surface area contributed by atoms with Gasteiger partial charge in [-0.1, -0.05) is 12.1 Å². The first-order valence-corrected chi connectivity index (χ1v) is 11.1. The number of ether oxygens (including phenoxy) is 1. The van der Waals surface area contributed by atoms with E-state index in [-0.39, 0.29) is 11.5 Å². The molecule has 5 rings (SSSR count). The number of quaternary nitrogens is 1. The third kappa shape index (κ3) is 3.70. The normalized spacial score (nSPS) is 26.1. The molecule has 6 nitrogen and oxygen atoms in total. The molecule has 0 spiro atoms. The number of nitrogens with zero attached hydrogens (tertiary/aromatic N) is 1. The van der Waals surface area contributed by atoms with Gasteiger partial charge >= 0.3 is 0 Å². The van der Waals surface area contributed by atoms with Crippen LogP contribution in [0.2, 0.25) is 0 Å². The minimum absolute atomic E-state index is 0.0733. The van der Waals surface area contributed by atoms with Gasteiger partial charge in [0.1, 0.15) is 0 Å². The summed E-state index contributed by atoms with van der Waals surface area (Å²) in [6.45, 7) is 6.37. The molecule has 1 aromatic heterocycles. The molecule has 2 bridgehead atoms. The van der Waals surface area contributed by atoms with E-state index in [1.807, 2.05) is 34.9 Å². The van der Waals surface area contributed by atoms with Crippen LogP contribution in [0.5, 0.6) is 0 Å². The Morgan fingerprint density at radius 2 is 1.87 bits per heavy atom. The van der Waals surface area contributed by atoms with Crippen LogP contribution in [0.25, 0.3) is 11.1 Å². The van der Waals surface area contributed by atoms with Crippen molar-refractivity contribution in [2.24, 2.45) is 5.92 Å². The van der Waals surface area contributed by atoms with Crippen molar-refractivity contribution in [3.8, 4) is 11.1 Å². The van der Waals surface area contributed by atoms with Crippen molar-refractivity contribution in [2.45, 2.75) is 44.7 Å². The molecule has 1 aromatic carbocycles. The summed E-state index contributed by atoms with van der Waals surface area (Å²) in [5.74, 6) is 0.911. The molecule has 3 aliphatic rings. The molecule has 1 amide bonds. The molecule has 0 aliphatic carbocycles. The standard InChI is InChI=1S/C24H29N3O3/c1-16(28)25-20-4-2-18(3-5-20)22-6-7-23(29)27-14-17-12-19(24(22)27)15-26(13-17)21-8-10-30-11-9-21/h2-7,17,19,21H,8-15H2,1H3,(H,25,28)/p+1/t17-,19+/m0/s1. The number of carbonyl (C=O) groups is 1. The zero-order valence-corrected chi connectivity index (χ0v) is 17.5. The Balaban J connectivity index is 1.48. The Kier molecular flexibility index (Phi) is 5.21. The van der Waals surface area contributed by atoms with Crippen molar-refractivity contribution >= 4 is 11.6 Å². The fraction of sp³-hybridized carbons (Fsp3) is 0.500. The van der Waals surface area contributed by atoms with Crippen LogP contribution in [-0.2, 0) is 16.1 Å². The Labute approximate surface area is 176 Å². The summed E-state index contributed by atoms with van der Waals surface area (Å²) in [4.78, 5) is 25.8. The number of aromatic nitrogens is 1. The van der Waals surface area contributed by atoms with Crippen molar-refractivity contribution in [3.05, 3.63) is 52.4 Å². The minimum Gasteiger partial charge on any atom is -0.381 e. The van der Waals surface area contributed by atoms with Gasteiger partial charge in [0.25, 0.3) is 5.56 Å². The fourth-order valence-corrected chi connectivity index (χ4v) is 5.79. The highest BCUT2D eigenvalue weighted by molar-refractivity contribution is 5.89. The predicted octanol–water partition coefficient (Wildman–Crippen LogP) is 1.65. The summed E-state index contributed by atoms with van der Waals surface area (Å²) in [6, 6.07) is 12.4. The van der Waals surface area contributed by atoms with E-state index < -0.39 is 0 Å². The van der Waals surface area contributed by atoms with Crippen molar-refractivity contribution in [1.82, 2.24) is 4.57 Å². The molecule has 3 atom stereocenters. The van der Waals surface area contributed by atoms with Crippen molar-refractivity contribution in [3.63, 3.8) is 0 Å². The van der Waals surface area contributed by atoms with Crippen LogP contribution >= 0.6 is 0 Å². The quantitative estimate of drug-likeness (QED) is 0.812. The lowest BCUT2D eigenvalue weighted by molar-refractivity contribution is -0.937. The van der Waals surface area contributed by atoms with Crippen LogP contribution in [-0.4, -0.2) is 42.8 Å².